The van der Waals surface area contributed by atoms with Crippen molar-refractivity contribution in [3.05, 3.63) is 69.1 Å². The number of non-ortho nitro benzene ring substituents is 1. The van der Waals surface area contributed by atoms with Crippen LogP contribution in [0.1, 0.15) is 5.56 Å². The molecule has 27 heavy (non-hydrogen) atoms. The number of nitro groups is 1. The summed E-state index contributed by atoms with van der Waals surface area (Å²) in [4.78, 5) is 21.9. The largest absolute Gasteiger partial charge is 0.378 e. The van der Waals surface area contributed by atoms with Crippen molar-refractivity contribution in [2.45, 2.75) is 4.90 Å². The van der Waals surface area contributed by atoms with E-state index in [9.17, 15) is 23.3 Å². The van der Waals surface area contributed by atoms with Crippen molar-refractivity contribution in [1.29, 1.82) is 0 Å². The van der Waals surface area contributed by atoms with Crippen LogP contribution in [0.4, 0.5) is 5.69 Å². The van der Waals surface area contributed by atoms with Gasteiger partial charge in [-0.05, 0) is 18.2 Å². The highest BCUT2D eigenvalue weighted by Gasteiger charge is 2.24. The molecule has 11 heteroatoms. The minimum Gasteiger partial charge on any atom is -0.378 e. The number of nitro benzene ring substituents is 1. The van der Waals surface area contributed by atoms with E-state index in [1.807, 2.05) is 0 Å². The van der Waals surface area contributed by atoms with Gasteiger partial charge in [0.05, 0.1) is 9.83 Å². The zero-order chi connectivity index (χ0) is 19.6. The van der Waals surface area contributed by atoms with E-state index >= 15 is 0 Å². The molecule has 8 nitrogen and oxygen atoms in total. The first-order chi connectivity index (χ1) is 12.8. The number of para-hydroxylation sites is 1. The summed E-state index contributed by atoms with van der Waals surface area (Å²) in [5.74, 6) is -0.413. The Morgan fingerprint density at radius 2 is 1.93 bits per heavy atom. The maximum Gasteiger partial charge on any atom is 0.339 e. The molecular formula is C16H10N2O6S3. The molecule has 0 aliphatic carbocycles. The van der Waals surface area contributed by atoms with Gasteiger partial charge in [0.1, 0.15) is 15.0 Å². The van der Waals surface area contributed by atoms with Crippen LogP contribution >= 0.6 is 24.0 Å². The lowest BCUT2D eigenvalue weighted by Gasteiger charge is -2.09. The molecule has 1 saturated heterocycles. The first-order valence-corrected chi connectivity index (χ1v) is 9.92. The van der Waals surface area contributed by atoms with Crippen molar-refractivity contribution >= 4 is 56.1 Å². The van der Waals surface area contributed by atoms with Gasteiger partial charge in [0, 0.05) is 17.7 Å². The second-order valence-corrected chi connectivity index (χ2v) is 8.45. The second kappa shape index (κ2) is 7.47. The minimum atomic E-state index is -4.32. The van der Waals surface area contributed by atoms with Gasteiger partial charge in [-0.2, -0.15) is 8.42 Å². The lowest BCUT2D eigenvalue weighted by molar-refractivity contribution is -0.385. The predicted octanol–water partition coefficient (Wildman–Crippen LogP) is 2.85. The number of thiocarbonyl (C=S) groups is 1. The third-order valence-electron chi connectivity index (χ3n) is 3.36. The Bertz CT molecular complexity index is 1090. The number of nitrogens with one attached hydrogen (secondary N) is 1. The van der Waals surface area contributed by atoms with Gasteiger partial charge in [-0.25, -0.2) is 0 Å². The third kappa shape index (κ3) is 4.32. The topological polar surface area (TPSA) is 116 Å². The summed E-state index contributed by atoms with van der Waals surface area (Å²) in [6.45, 7) is 0. The molecule has 1 heterocycles. The van der Waals surface area contributed by atoms with E-state index in [-0.39, 0.29) is 22.2 Å². The first kappa shape index (κ1) is 19.0. The Hall–Kier alpha value is -2.76. The molecule has 1 aliphatic rings. The van der Waals surface area contributed by atoms with Crippen LogP contribution in [-0.2, 0) is 14.9 Å². The molecule has 0 saturated carbocycles. The third-order valence-corrected chi connectivity index (χ3v) is 5.76. The molecule has 0 unspecified atom stereocenters. The van der Waals surface area contributed by atoms with Crippen molar-refractivity contribution in [1.82, 2.24) is 5.32 Å². The van der Waals surface area contributed by atoms with Crippen LogP contribution in [-0.4, -0.2) is 23.6 Å². The van der Waals surface area contributed by atoms with Gasteiger partial charge in [-0.15, -0.1) is 0 Å². The van der Waals surface area contributed by atoms with Crippen molar-refractivity contribution in [2.24, 2.45) is 0 Å². The summed E-state index contributed by atoms with van der Waals surface area (Å²) in [6, 6.07) is 10.7. The number of amides is 1. The highest BCUT2D eigenvalue weighted by Crippen LogP contribution is 2.31. The van der Waals surface area contributed by atoms with Crippen LogP contribution in [0.5, 0.6) is 5.75 Å². The highest BCUT2D eigenvalue weighted by molar-refractivity contribution is 8.26. The molecule has 1 N–H and O–H groups in total. The summed E-state index contributed by atoms with van der Waals surface area (Å²) in [5.41, 5.74) is -0.0310. The van der Waals surface area contributed by atoms with E-state index in [0.29, 0.717) is 14.8 Å². The number of carbonyl (C=O) groups excluding carboxylic acids is 1. The molecule has 1 fully saturated rings. The van der Waals surface area contributed by atoms with E-state index in [2.05, 4.69) is 5.32 Å². The quantitative estimate of drug-likeness (QED) is 0.257. The molecule has 0 radical (unpaired) electrons. The molecule has 2 aromatic carbocycles. The molecule has 138 valence electrons. The number of rotatable bonds is 5. The van der Waals surface area contributed by atoms with E-state index in [1.165, 1.54) is 30.3 Å². The number of thioether (sulfide) groups is 1. The van der Waals surface area contributed by atoms with Crippen LogP contribution in [0, 0.1) is 10.1 Å². The number of hydrogen-bond acceptors (Lipinski definition) is 8. The maximum atomic E-state index is 12.5. The van der Waals surface area contributed by atoms with Crippen LogP contribution in [0.15, 0.2) is 58.3 Å². The first-order valence-electron chi connectivity index (χ1n) is 7.29. The van der Waals surface area contributed by atoms with Crippen molar-refractivity contribution in [2.75, 3.05) is 0 Å². The van der Waals surface area contributed by atoms with Crippen molar-refractivity contribution in [3.8, 4) is 5.75 Å². The number of carbonyl (C=O) groups is 1. The van der Waals surface area contributed by atoms with Gasteiger partial charge in [0.25, 0.3) is 11.6 Å². The molecule has 0 aromatic heterocycles. The lowest BCUT2D eigenvalue weighted by atomic mass is 10.2. The Kier molecular flexibility index (Phi) is 5.26. The normalized spacial score (nSPS) is 15.6. The minimum absolute atomic E-state index is 0.0253. The van der Waals surface area contributed by atoms with Crippen LogP contribution in [0.3, 0.4) is 0 Å². The van der Waals surface area contributed by atoms with E-state index in [1.54, 1.807) is 18.2 Å². The van der Waals surface area contributed by atoms with E-state index in [4.69, 9.17) is 16.4 Å². The smallest absolute Gasteiger partial charge is 0.339 e. The Balaban J connectivity index is 1.95. The Labute approximate surface area is 163 Å². The van der Waals surface area contributed by atoms with Crippen LogP contribution < -0.4 is 9.50 Å². The zero-order valence-electron chi connectivity index (χ0n) is 13.3. The van der Waals surface area contributed by atoms with Gasteiger partial charge >= 0.3 is 10.1 Å². The average Bonchev–Trinajstić information content (AvgIpc) is 2.93. The number of nitrogens with zero attached hydrogens (tertiary/aromatic N) is 1. The lowest BCUT2D eigenvalue weighted by Crippen LogP contribution is -2.17. The van der Waals surface area contributed by atoms with Gasteiger partial charge in [-0.1, -0.05) is 48.2 Å². The molecular weight excluding hydrogens is 412 g/mol. The second-order valence-electron chi connectivity index (χ2n) is 5.18. The summed E-state index contributed by atoms with van der Waals surface area (Å²) in [7, 11) is -4.32. The molecule has 0 bridgehead atoms. The van der Waals surface area contributed by atoms with Gasteiger partial charge < -0.3 is 9.50 Å². The van der Waals surface area contributed by atoms with Gasteiger partial charge in [0.15, 0.2) is 0 Å². The van der Waals surface area contributed by atoms with Gasteiger partial charge in [-0.3, -0.25) is 14.9 Å². The molecule has 1 aliphatic heterocycles. The summed E-state index contributed by atoms with van der Waals surface area (Å²) in [5, 5.41) is 13.3. The average molecular weight is 422 g/mol. The maximum absolute atomic E-state index is 12.5. The van der Waals surface area contributed by atoms with Gasteiger partial charge in [0.2, 0.25) is 0 Å². The number of hydrogen-bond donors (Lipinski definition) is 1. The molecule has 0 atom stereocenters. The van der Waals surface area contributed by atoms with E-state index < -0.39 is 15.0 Å². The SMILES string of the molecule is O=C1NC(=S)S/C1=C\c1ccccc1OS(=O)(=O)c1cccc([N+](=O)[O-])c1. The Morgan fingerprint density at radius 1 is 1.19 bits per heavy atom. The van der Waals surface area contributed by atoms with E-state index in [0.717, 1.165) is 17.8 Å². The zero-order valence-corrected chi connectivity index (χ0v) is 15.8. The summed E-state index contributed by atoms with van der Waals surface area (Å²) >= 11 is 5.96. The molecule has 2 aromatic rings. The predicted molar refractivity (Wildman–Crippen MR) is 104 cm³/mol. The molecule has 3 rings (SSSR count). The monoisotopic (exact) mass is 422 g/mol. The van der Waals surface area contributed by atoms with Crippen molar-refractivity contribution in [3.63, 3.8) is 0 Å². The fourth-order valence-corrected chi connectivity index (χ4v) is 4.19. The summed E-state index contributed by atoms with van der Waals surface area (Å²) in [6.07, 6.45) is 1.46. The Morgan fingerprint density at radius 3 is 2.59 bits per heavy atom. The number of benzene rings is 2. The highest BCUT2D eigenvalue weighted by atomic mass is 32.2. The molecule has 0 spiro atoms. The summed E-state index contributed by atoms with van der Waals surface area (Å²) < 4.78 is 30.5. The molecule has 1 amide bonds. The van der Waals surface area contributed by atoms with Crippen LogP contribution in [0.2, 0.25) is 0 Å². The fraction of sp³-hybridized carbons (Fsp3) is 0. The van der Waals surface area contributed by atoms with Crippen LogP contribution in [0.25, 0.3) is 6.08 Å². The standard InChI is InChI=1S/C16H10N2O6S3/c19-15-14(26-16(25)17-15)8-10-4-1-2-7-13(10)24-27(22,23)12-6-3-5-11(9-12)18(20)21/h1-9H,(H,17,19,25)/b14-8-. The fourth-order valence-electron chi connectivity index (χ4n) is 2.16. The van der Waals surface area contributed by atoms with Crippen molar-refractivity contribution < 1.29 is 22.3 Å².